The van der Waals surface area contributed by atoms with E-state index in [-0.39, 0.29) is 6.03 Å². The third kappa shape index (κ3) is 6.66. The largest absolute Gasteiger partial charge is 0.480 e. The number of carboxylic acids is 1. The molecule has 0 aromatic heterocycles. The molecule has 0 aliphatic carbocycles. The zero-order chi connectivity index (χ0) is 15.7. The van der Waals surface area contributed by atoms with Crippen molar-refractivity contribution < 1.29 is 19.5 Å². The van der Waals surface area contributed by atoms with E-state index in [1.807, 2.05) is 6.26 Å². The quantitative estimate of drug-likeness (QED) is 0.562. The lowest BCUT2D eigenvalue weighted by Crippen LogP contribution is -2.30. The van der Waals surface area contributed by atoms with E-state index in [1.165, 1.54) is 12.1 Å². The highest BCUT2D eigenvalue weighted by Gasteiger charge is 2.07. The fourth-order valence-electron chi connectivity index (χ4n) is 1.40. The number of thioether (sulfide) groups is 1. The predicted molar refractivity (Wildman–Crippen MR) is 81.8 cm³/mol. The van der Waals surface area contributed by atoms with Crippen molar-refractivity contribution in [1.29, 1.82) is 0 Å². The van der Waals surface area contributed by atoms with Crippen LogP contribution in [0.2, 0.25) is 0 Å². The Kier molecular flexibility index (Phi) is 7.10. The molecule has 8 heteroatoms. The van der Waals surface area contributed by atoms with E-state index >= 15 is 0 Å². The number of urea groups is 1. The maximum absolute atomic E-state index is 11.6. The molecule has 0 atom stereocenters. The van der Waals surface area contributed by atoms with Gasteiger partial charge in [0.05, 0.1) is 0 Å². The van der Waals surface area contributed by atoms with Gasteiger partial charge in [-0.25, -0.2) is 4.79 Å². The molecule has 1 aromatic carbocycles. The molecular weight excluding hydrogens is 294 g/mol. The van der Waals surface area contributed by atoms with E-state index < -0.39 is 18.4 Å². The van der Waals surface area contributed by atoms with Gasteiger partial charge in [0.2, 0.25) is 0 Å². The highest BCUT2D eigenvalue weighted by Crippen LogP contribution is 2.09. The molecule has 21 heavy (non-hydrogen) atoms. The Morgan fingerprint density at radius 3 is 2.38 bits per heavy atom. The number of amides is 3. The Labute approximate surface area is 126 Å². The number of carbonyl (C=O) groups is 3. The number of aliphatic carboxylic acids is 1. The third-order valence-corrected chi connectivity index (χ3v) is 3.01. The first-order chi connectivity index (χ1) is 10.0. The normalized spacial score (nSPS) is 9.76. The molecule has 0 unspecified atom stereocenters. The molecule has 3 amide bonds. The van der Waals surface area contributed by atoms with Crippen LogP contribution in [-0.2, 0) is 4.79 Å². The lowest BCUT2D eigenvalue weighted by atomic mass is 10.2. The van der Waals surface area contributed by atoms with Crippen LogP contribution < -0.4 is 16.0 Å². The summed E-state index contributed by atoms with van der Waals surface area (Å²) in [5.41, 5.74) is 0.871. The topological polar surface area (TPSA) is 108 Å². The number of anilines is 1. The maximum Gasteiger partial charge on any atom is 0.322 e. The second-order valence-corrected chi connectivity index (χ2v) is 5.01. The van der Waals surface area contributed by atoms with Gasteiger partial charge in [-0.15, -0.1) is 0 Å². The first-order valence-corrected chi connectivity index (χ1v) is 7.56. The molecule has 0 bridgehead atoms. The van der Waals surface area contributed by atoms with Gasteiger partial charge in [-0.05, 0) is 30.5 Å². The summed E-state index contributed by atoms with van der Waals surface area (Å²) in [6.07, 6.45) is 1.95. The summed E-state index contributed by atoms with van der Waals surface area (Å²) in [6, 6.07) is 5.85. The Morgan fingerprint density at radius 2 is 1.81 bits per heavy atom. The van der Waals surface area contributed by atoms with Crippen LogP contribution in [-0.4, -0.2) is 48.1 Å². The summed E-state index contributed by atoms with van der Waals surface area (Å²) in [5.74, 6) is -0.757. The van der Waals surface area contributed by atoms with Crippen LogP contribution in [0, 0.1) is 0 Å². The van der Waals surface area contributed by atoms with E-state index in [4.69, 9.17) is 5.11 Å². The van der Waals surface area contributed by atoms with E-state index in [0.29, 0.717) is 17.8 Å². The Balaban J connectivity index is 2.48. The summed E-state index contributed by atoms with van der Waals surface area (Å²) < 4.78 is 0. The minimum Gasteiger partial charge on any atom is -0.480 e. The zero-order valence-corrected chi connectivity index (χ0v) is 12.3. The Bertz CT molecular complexity index is 505. The van der Waals surface area contributed by atoms with Gasteiger partial charge in [0, 0.05) is 23.5 Å². The number of benzene rings is 1. The van der Waals surface area contributed by atoms with Crippen molar-refractivity contribution in [3.05, 3.63) is 29.8 Å². The van der Waals surface area contributed by atoms with Crippen LogP contribution >= 0.6 is 11.8 Å². The lowest BCUT2D eigenvalue weighted by Gasteiger charge is -2.08. The molecule has 4 N–H and O–H groups in total. The van der Waals surface area contributed by atoms with Crippen LogP contribution in [0.1, 0.15) is 10.4 Å². The van der Waals surface area contributed by atoms with Crippen molar-refractivity contribution in [1.82, 2.24) is 10.6 Å². The van der Waals surface area contributed by atoms with Crippen LogP contribution in [0.4, 0.5) is 10.5 Å². The third-order valence-electron chi connectivity index (χ3n) is 2.40. The molecule has 0 aliphatic heterocycles. The Hall–Kier alpha value is -2.22. The van der Waals surface area contributed by atoms with Crippen LogP contribution in [0.25, 0.3) is 0 Å². The minimum atomic E-state index is -1.11. The van der Waals surface area contributed by atoms with Gasteiger partial charge < -0.3 is 21.1 Å². The number of carboxylic acid groups (broad SMARTS) is 1. The number of hydrogen-bond acceptors (Lipinski definition) is 4. The number of carbonyl (C=O) groups excluding carboxylic acids is 2. The molecule has 0 fully saturated rings. The summed E-state index contributed by atoms with van der Waals surface area (Å²) in [7, 11) is 0. The van der Waals surface area contributed by atoms with Crippen molar-refractivity contribution >= 4 is 35.4 Å². The molecule has 1 aromatic rings. The van der Waals surface area contributed by atoms with Crippen molar-refractivity contribution in [3.8, 4) is 0 Å². The molecular formula is C13H17N3O4S. The van der Waals surface area contributed by atoms with Gasteiger partial charge in [0.25, 0.3) is 5.91 Å². The molecule has 1 rings (SSSR count). The van der Waals surface area contributed by atoms with E-state index in [9.17, 15) is 14.4 Å². The average molecular weight is 311 g/mol. The number of rotatable bonds is 7. The first-order valence-electron chi connectivity index (χ1n) is 6.16. The fourth-order valence-corrected chi connectivity index (χ4v) is 1.71. The number of hydrogen-bond donors (Lipinski definition) is 4. The van der Waals surface area contributed by atoms with Crippen molar-refractivity contribution in [2.45, 2.75) is 0 Å². The van der Waals surface area contributed by atoms with Gasteiger partial charge in [-0.1, -0.05) is 0 Å². The summed E-state index contributed by atoms with van der Waals surface area (Å²) in [4.78, 5) is 33.4. The molecule has 0 spiro atoms. The SMILES string of the molecule is CSCCNC(=O)Nc1ccc(C(=O)NCC(=O)O)cc1. The van der Waals surface area contributed by atoms with Crippen LogP contribution in [0.5, 0.6) is 0 Å². The van der Waals surface area contributed by atoms with Crippen molar-refractivity contribution in [2.24, 2.45) is 0 Å². The second kappa shape index (κ2) is 8.85. The van der Waals surface area contributed by atoms with Gasteiger partial charge in [0.15, 0.2) is 0 Å². The molecule has 0 radical (unpaired) electrons. The molecule has 0 saturated carbocycles. The average Bonchev–Trinajstić information content (AvgIpc) is 2.45. The maximum atomic E-state index is 11.6. The fraction of sp³-hybridized carbons (Fsp3) is 0.308. The monoisotopic (exact) mass is 311 g/mol. The van der Waals surface area contributed by atoms with Crippen molar-refractivity contribution in [2.75, 3.05) is 30.4 Å². The van der Waals surface area contributed by atoms with Gasteiger partial charge >= 0.3 is 12.0 Å². The Morgan fingerprint density at radius 1 is 1.14 bits per heavy atom. The highest BCUT2D eigenvalue weighted by molar-refractivity contribution is 7.98. The van der Waals surface area contributed by atoms with E-state index in [1.54, 1.807) is 23.9 Å². The molecule has 0 saturated heterocycles. The van der Waals surface area contributed by atoms with Crippen molar-refractivity contribution in [3.63, 3.8) is 0 Å². The van der Waals surface area contributed by atoms with Crippen LogP contribution in [0.15, 0.2) is 24.3 Å². The summed E-state index contributed by atoms with van der Waals surface area (Å²) in [5, 5.41) is 16.0. The predicted octanol–water partition coefficient (Wildman–Crippen LogP) is 0.985. The van der Waals surface area contributed by atoms with Gasteiger partial charge in [-0.3, -0.25) is 9.59 Å². The van der Waals surface area contributed by atoms with E-state index in [2.05, 4.69) is 16.0 Å². The molecule has 0 aliphatic rings. The molecule has 114 valence electrons. The highest BCUT2D eigenvalue weighted by atomic mass is 32.2. The zero-order valence-electron chi connectivity index (χ0n) is 11.5. The minimum absolute atomic E-state index is 0.313. The van der Waals surface area contributed by atoms with Gasteiger partial charge in [0.1, 0.15) is 6.54 Å². The summed E-state index contributed by atoms with van der Waals surface area (Å²) >= 11 is 1.63. The van der Waals surface area contributed by atoms with Gasteiger partial charge in [-0.2, -0.15) is 11.8 Å². The van der Waals surface area contributed by atoms with Crippen LogP contribution in [0.3, 0.4) is 0 Å². The second-order valence-electron chi connectivity index (χ2n) is 4.03. The lowest BCUT2D eigenvalue weighted by molar-refractivity contribution is -0.135. The summed E-state index contributed by atoms with van der Waals surface area (Å²) in [6.45, 7) is 0.138. The molecule has 0 heterocycles. The number of nitrogens with one attached hydrogen (secondary N) is 3. The molecule has 7 nitrogen and oxygen atoms in total. The first kappa shape index (κ1) is 16.8. The smallest absolute Gasteiger partial charge is 0.322 e. The standard InChI is InChI=1S/C13H17N3O4S/c1-21-7-6-14-13(20)16-10-4-2-9(3-5-10)12(19)15-8-11(17)18/h2-5H,6-8H2,1H3,(H,15,19)(H,17,18)(H2,14,16,20). The van der Waals surface area contributed by atoms with E-state index in [0.717, 1.165) is 5.75 Å².